The fraction of sp³-hybridized carbons (Fsp3) is 0.364. The molecule has 1 unspecified atom stereocenters. The van der Waals surface area contributed by atoms with Crippen molar-refractivity contribution < 1.29 is 23.0 Å². The molecule has 2 aromatic carbocycles. The van der Waals surface area contributed by atoms with Gasteiger partial charge in [-0.1, -0.05) is 48.0 Å². The van der Waals surface area contributed by atoms with Crippen LogP contribution in [-0.4, -0.2) is 29.0 Å². The van der Waals surface area contributed by atoms with Gasteiger partial charge in [0.2, 0.25) is 0 Å². The molecule has 0 aliphatic carbocycles. The zero-order chi connectivity index (χ0) is 21.4. The molecule has 7 heteroatoms. The average Bonchev–Trinajstić information content (AvgIpc) is 3.02. The van der Waals surface area contributed by atoms with Gasteiger partial charge in [0.25, 0.3) is 0 Å². The minimum absolute atomic E-state index is 0.336. The molecular formula is C22H23BrF3NO2. The predicted molar refractivity (Wildman–Crippen MR) is 111 cm³/mol. The van der Waals surface area contributed by atoms with E-state index in [1.54, 1.807) is 50.2 Å². The molecule has 0 saturated heterocycles. The summed E-state index contributed by atoms with van der Waals surface area (Å²) in [6, 6.07) is 14.1. The Morgan fingerprint density at radius 1 is 1.07 bits per heavy atom. The summed E-state index contributed by atoms with van der Waals surface area (Å²) >= 11 is 3.37. The third-order valence-corrected chi connectivity index (χ3v) is 5.71. The van der Waals surface area contributed by atoms with Crippen molar-refractivity contribution in [3.63, 3.8) is 0 Å². The smallest absolute Gasteiger partial charge is 0.417 e. The fourth-order valence-corrected chi connectivity index (χ4v) is 4.20. The van der Waals surface area contributed by atoms with Gasteiger partial charge in [-0.25, -0.2) is 0 Å². The molecule has 0 aliphatic heterocycles. The molecule has 3 rings (SSSR count). The van der Waals surface area contributed by atoms with Gasteiger partial charge < -0.3 is 14.8 Å². The van der Waals surface area contributed by atoms with E-state index in [1.165, 1.54) is 7.11 Å². The number of alkyl halides is 3. The van der Waals surface area contributed by atoms with Gasteiger partial charge in [-0.2, -0.15) is 13.2 Å². The van der Waals surface area contributed by atoms with E-state index in [9.17, 15) is 18.3 Å². The lowest BCUT2D eigenvalue weighted by molar-refractivity contribution is -0.266. The second-order valence-electron chi connectivity index (χ2n) is 7.99. The van der Waals surface area contributed by atoms with Gasteiger partial charge in [-0.3, -0.25) is 0 Å². The predicted octanol–water partition coefficient (Wildman–Crippen LogP) is 6.14. The van der Waals surface area contributed by atoms with Crippen LogP contribution in [-0.2, 0) is 11.8 Å². The molecule has 0 spiro atoms. The minimum atomic E-state index is -4.80. The maximum atomic E-state index is 14.0. The van der Waals surface area contributed by atoms with Gasteiger partial charge in [0.15, 0.2) is 5.60 Å². The Morgan fingerprint density at radius 3 is 2.38 bits per heavy atom. The summed E-state index contributed by atoms with van der Waals surface area (Å²) in [5.74, 6) is 0.480. The van der Waals surface area contributed by atoms with E-state index in [0.29, 0.717) is 17.0 Å². The van der Waals surface area contributed by atoms with Gasteiger partial charge in [0.1, 0.15) is 5.75 Å². The molecule has 1 aromatic heterocycles. The highest BCUT2D eigenvalue weighted by molar-refractivity contribution is 9.10. The summed E-state index contributed by atoms with van der Waals surface area (Å²) < 4.78 is 48.2. The lowest BCUT2D eigenvalue weighted by atomic mass is 9.73. The molecule has 3 aromatic rings. The molecule has 156 valence electrons. The summed E-state index contributed by atoms with van der Waals surface area (Å²) in [7, 11) is 1.48. The highest BCUT2D eigenvalue weighted by Gasteiger charge is 2.56. The Bertz CT molecular complexity index is 980. The maximum Gasteiger partial charge on any atom is 0.417 e. The van der Waals surface area contributed by atoms with Crippen LogP contribution in [0.5, 0.6) is 5.75 Å². The van der Waals surface area contributed by atoms with Crippen LogP contribution in [0.25, 0.3) is 10.9 Å². The molecular weight excluding hydrogens is 447 g/mol. The molecule has 29 heavy (non-hydrogen) atoms. The number of aromatic nitrogens is 1. The van der Waals surface area contributed by atoms with Crippen LogP contribution < -0.4 is 4.74 Å². The van der Waals surface area contributed by atoms with Gasteiger partial charge >= 0.3 is 6.18 Å². The fourth-order valence-electron chi connectivity index (χ4n) is 3.84. The summed E-state index contributed by atoms with van der Waals surface area (Å²) in [6.45, 7) is 3.36. The maximum absolute atomic E-state index is 14.0. The zero-order valence-corrected chi connectivity index (χ0v) is 18.0. The van der Waals surface area contributed by atoms with E-state index in [2.05, 4.69) is 20.9 Å². The lowest BCUT2D eigenvalue weighted by Gasteiger charge is -2.38. The van der Waals surface area contributed by atoms with E-state index in [4.69, 9.17) is 4.74 Å². The number of hydrogen-bond acceptors (Lipinski definition) is 2. The van der Waals surface area contributed by atoms with Crippen molar-refractivity contribution >= 4 is 26.8 Å². The normalized spacial score (nSPS) is 14.8. The summed E-state index contributed by atoms with van der Waals surface area (Å²) in [5.41, 5.74) is -2.26. The number of rotatable bonds is 6. The molecule has 0 saturated carbocycles. The van der Waals surface area contributed by atoms with Crippen molar-refractivity contribution in [2.45, 2.75) is 43.9 Å². The summed E-state index contributed by atoms with van der Waals surface area (Å²) in [4.78, 5) is 2.99. The standard InChI is InChI=1S/C22H23BrF3NO2/c1-20(2,17-11-15(23)8-9-19(17)29-3)13-21(28,22(24,25)26)12-16-10-14-6-4-5-7-18(14)27-16/h4-11,27-28H,12-13H2,1-3H3. The number of H-pyrrole nitrogens is 1. The Kier molecular flexibility index (Phi) is 5.75. The number of fused-ring (bicyclic) bond motifs is 1. The first-order chi connectivity index (χ1) is 13.4. The van der Waals surface area contributed by atoms with E-state index in [1.807, 2.05) is 12.1 Å². The van der Waals surface area contributed by atoms with Crippen molar-refractivity contribution in [2.24, 2.45) is 0 Å². The van der Waals surface area contributed by atoms with Gasteiger partial charge in [0.05, 0.1) is 7.11 Å². The van der Waals surface area contributed by atoms with Gasteiger partial charge in [0, 0.05) is 27.7 Å². The molecule has 0 fully saturated rings. The first-order valence-electron chi connectivity index (χ1n) is 9.15. The molecule has 0 aliphatic rings. The number of nitrogens with one attached hydrogen (secondary N) is 1. The van der Waals surface area contributed by atoms with Crippen molar-refractivity contribution in [2.75, 3.05) is 7.11 Å². The number of methoxy groups -OCH3 is 1. The number of ether oxygens (including phenoxy) is 1. The van der Waals surface area contributed by atoms with Gasteiger partial charge in [-0.15, -0.1) is 0 Å². The topological polar surface area (TPSA) is 45.2 Å². The lowest BCUT2D eigenvalue weighted by Crippen LogP contribution is -2.51. The molecule has 2 N–H and O–H groups in total. The highest BCUT2D eigenvalue weighted by atomic mass is 79.9. The van der Waals surface area contributed by atoms with E-state index in [0.717, 1.165) is 15.4 Å². The van der Waals surface area contributed by atoms with Crippen LogP contribution in [0.1, 0.15) is 31.5 Å². The Balaban J connectivity index is 1.99. The number of benzene rings is 2. The monoisotopic (exact) mass is 469 g/mol. The van der Waals surface area contributed by atoms with Gasteiger partial charge in [-0.05, 0) is 47.6 Å². The van der Waals surface area contributed by atoms with Crippen LogP contribution in [0.3, 0.4) is 0 Å². The quantitative estimate of drug-likeness (QED) is 0.455. The molecule has 1 heterocycles. The SMILES string of the molecule is COc1ccc(Br)cc1C(C)(C)CC(O)(Cc1cc2ccccc2[nH]1)C(F)(F)F. The van der Waals surface area contributed by atoms with Crippen molar-refractivity contribution in [1.29, 1.82) is 0 Å². The Labute approximate surface area is 176 Å². The van der Waals surface area contributed by atoms with Crippen LogP contribution in [0.2, 0.25) is 0 Å². The van der Waals surface area contributed by atoms with Crippen LogP contribution in [0, 0.1) is 0 Å². The van der Waals surface area contributed by atoms with Crippen LogP contribution in [0.15, 0.2) is 53.0 Å². The number of aromatic amines is 1. The molecule has 3 nitrogen and oxygen atoms in total. The minimum Gasteiger partial charge on any atom is -0.496 e. The second-order valence-corrected chi connectivity index (χ2v) is 8.91. The van der Waals surface area contributed by atoms with Crippen molar-refractivity contribution in [3.8, 4) is 5.75 Å². The molecule has 0 amide bonds. The van der Waals surface area contributed by atoms with Crippen LogP contribution in [0.4, 0.5) is 13.2 Å². The largest absolute Gasteiger partial charge is 0.496 e. The third kappa shape index (κ3) is 4.46. The van der Waals surface area contributed by atoms with E-state index in [-0.39, 0.29) is 0 Å². The first-order valence-corrected chi connectivity index (χ1v) is 9.94. The Morgan fingerprint density at radius 2 is 1.76 bits per heavy atom. The summed E-state index contributed by atoms with van der Waals surface area (Å²) in [5, 5.41) is 11.7. The second kappa shape index (κ2) is 7.69. The molecule has 0 radical (unpaired) electrons. The number of aliphatic hydroxyl groups is 1. The van der Waals surface area contributed by atoms with Crippen molar-refractivity contribution in [3.05, 3.63) is 64.3 Å². The number of halogens is 4. The molecule has 0 bridgehead atoms. The van der Waals surface area contributed by atoms with Crippen LogP contribution >= 0.6 is 15.9 Å². The van der Waals surface area contributed by atoms with E-state index >= 15 is 0 Å². The summed E-state index contributed by atoms with van der Waals surface area (Å²) in [6.07, 6.45) is -5.89. The average molecular weight is 470 g/mol. The van der Waals surface area contributed by atoms with Crippen molar-refractivity contribution in [1.82, 2.24) is 4.98 Å². The van der Waals surface area contributed by atoms with E-state index < -0.39 is 30.0 Å². The third-order valence-electron chi connectivity index (χ3n) is 5.22. The number of para-hydroxylation sites is 1. The first kappa shape index (κ1) is 21.7. The number of hydrogen-bond donors (Lipinski definition) is 2. The molecule has 1 atom stereocenters. The highest BCUT2D eigenvalue weighted by Crippen LogP contribution is 2.45. The Hall–Kier alpha value is -1.99. The zero-order valence-electron chi connectivity index (χ0n) is 16.4.